The second-order valence-electron chi connectivity index (χ2n) is 8.78. The number of benzene rings is 1. The maximum Gasteiger partial charge on any atom is 0.315 e. The molecule has 7 heteroatoms. The molecule has 2 heterocycles. The summed E-state index contributed by atoms with van der Waals surface area (Å²) in [5.41, 5.74) is 1.98. The maximum absolute atomic E-state index is 12.5. The highest BCUT2D eigenvalue weighted by atomic mass is 16.2. The summed E-state index contributed by atoms with van der Waals surface area (Å²) in [6.45, 7) is 10.7. The van der Waals surface area contributed by atoms with E-state index >= 15 is 0 Å². The van der Waals surface area contributed by atoms with Crippen LogP contribution in [-0.4, -0.2) is 38.1 Å². The molecule has 0 spiro atoms. The van der Waals surface area contributed by atoms with Crippen LogP contribution in [0.25, 0.3) is 5.69 Å². The van der Waals surface area contributed by atoms with E-state index in [9.17, 15) is 4.79 Å². The van der Waals surface area contributed by atoms with Crippen LogP contribution in [-0.2, 0) is 0 Å². The molecule has 1 atom stereocenters. The minimum absolute atomic E-state index is 0.00248. The first-order valence-corrected chi connectivity index (χ1v) is 9.47. The first kappa shape index (κ1) is 19.4. The molecule has 27 heavy (non-hydrogen) atoms. The number of carbonyl (C=O) groups is 1. The van der Waals surface area contributed by atoms with Crippen molar-refractivity contribution in [2.24, 2.45) is 0 Å². The van der Waals surface area contributed by atoms with E-state index in [0.717, 1.165) is 24.1 Å². The van der Waals surface area contributed by atoms with Crippen molar-refractivity contribution in [3.8, 4) is 5.69 Å². The van der Waals surface area contributed by atoms with Gasteiger partial charge in [-0.05, 0) is 65.2 Å². The number of rotatable bonds is 4. The quantitative estimate of drug-likeness (QED) is 0.773. The number of carbonyl (C=O) groups excluding carboxylic acids is 1. The van der Waals surface area contributed by atoms with Crippen molar-refractivity contribution in [1.29, 1.82) is 0 Å². The van der Waals surface area contributed by atoms with Crippen molar-refractivity contribution in [2.75, 3.05) is 0 Å². The van der Waals surface area contributed by atoms with Crippen LogP contribution in [0.5, 0.6) is 0 Å². The van der Waals surface area contributed by atoms with Gasteiger partial charge in [0, 0.05) is 17.1 Å². The fraction of sp³-hybridized carbons (Fsp3) is 0.550. The molecule has 0 radical (unpaired) electrons. The Morgan fingerprint density at radius 3 is 2.37 bits per heavy atom. The van der Waals surface area contributed by atoms with Gasteiger partial charge in [-0.3, -0.25) is 0 Å². The van der Waals surface area contributed by atoms with Crippen LogP contribution >= 0.6 is 0 Å². The largest absolute Gasteiger partial charge is 0.335 e. The van der Waals surface area contributed by atoms with Crippen LogP contribution < -0.4 is 16.0 Å². The van der Waals surface area contributed by atoms with Crippen molar-refractivity contribution in [1.82, 2.24) is 30.9 Å². The second-order valence-corrected chi connectivity index (χ2v) is 8.78. The minimum Gasteiger partial charge on any atom is -0.335 e. The number of nitrogens with zero attached hydrogens (tertiary/aromatic N) is 3. The van der Waals surface area contributed by atoms with Gasteiger partial charge in [0.05, 0.1) is 24.1 Å². The van der Waals surface area contributed by atoms with Gasteiger partial charge in [0.15, 0.2) is 0 Å². The number of urea groups is 1. The zero-order valence-corrected chi connectivity index (χ0v) is 16.8. The van der Waals surface area contributed by atoms with Crippen LogP contribution in [0, 0.1) is 0 Å². The highest BCUT2D eigenvalue weighted by Gasteiger charge is 2.38. The lowest BCUT2D eigenvalue weighted by Gasteiger charge is -2.46. The molecule has 3 N–H and O–H groups in total. The topological polar surface area (TPSA) is 83.9 Å². The molecule has 3 rings (SSSR count). The number of amides is 2. The summed E-state index contributed by atoms with van der Waals surface area (Å²) >= 11 is 0. The van der Waals surface area contributed by atoms with E-state index in [0.29, 0.717) is 0 Å². The molecule has 1 fully saturated rings. The lowest BCUT2D eigenvalue weighted by Crippen LogP contribution is -2.62. The first-order valence-electron chi connectivity index (χ1n) is 9.47. The summed E-state index contributed by atoms with van der Waals surface area (Å²) in [6.07, 6.45) is 5.26. The zero-order valence-electron chi connectivity index (χ0n) is 16.8. The van der Waals surface area contributed by atoms with Gasteiger partial charge in [-0.15, -0.1) is 5.10 Å². The molecule has 0 aliphatic carbocycles. The summed E-state index contributed by atoms with van der Waals surface area (Å²) in [5, 5.41) is 17.6. The highest BCUT2D eigenvalue weighted by Crippen LogP contribution is 2.28. The van der Waals surface area contributed by atoms with E-state index < -0.39 is 0 Å². The normalized spacial score (nSPS) is 20.0. The number of aromatic nitrogens is 3. The fourth-order valence-electron chi connectivity index (χ4n) is 4.19. The molecule has 0 bridgehead atoms. The molecule has 2 aromatic rings. The SMILES string of the molecule is CC(NC(=O)NC1CC(C)(C)NC(C)(C)C1)c1ccc(-n2ccnn2)cc1. The highest BCUT2D eigenvalue weighted by molar-refractivity contribution is 5.74. The van der Waals surface area contributed by atoms with Crippen LogP contribution in [0.1, 0.15) is 59.1 Å². The van der Waals surface area contributed by atoms with Crippen LogP contribution in [0.15, 0.2) is 36.7 Å². The Balaban J connectivity index is 1.57. The smallest absolute Gasteiger partial charge is 0.315 e. The zero-order chi connectivity index (χ0) is 19.7. The Hall–Kier alpha value is -2.41. The number of hydrogen-bond donors (Lipinski definition) is 3. The van der Waals surface area contributed by atoms with Crippen LogP contribution in [0.4, 0.5) is 4.79 Å². The van der Waals surface area contributed by atoms with E-state index in [2.05, 4.69) is 54.0 Å². The summed E-state index contributed by atoms with van der Waals surface area (Å²) in [4.78, 5) is 12.5. The monoisotopic (exact) mass is 370 g/mol. The van der Waals surface area contributed by atoms with Gasteiger partial charge in [0.1, 0.15) is 0 Å². The van der Waals surface area contributed by atoms with Gasteiger partial charge in [0.2, 0.25) is 0 Å². The van der Waals surface area contributed by atoms with Gasteiger partial charge < -0.3 is 16.0 Å². The third kappa shape index (κ3) is 5.07. The maximum atomic E-state index is 12.5. The Morgan fingerprint density at radius 2 is 1.81 bits per heavy atom. The Morgan fingerprint density at radius 1 is 1.19 bits per heavy atom. The first-order chi connectivity index (χ1) is 12.6. The van der Waals surface area contributed by atoms with Crippen LogP contribution in [0.3, 0.4) is 0 Å². The fourth-order valence-corrected chi connectivity index (χ4v) is 4.19. The summed E-state index contributed by atoms with van der Waals surface area (Å²) in [7, 11) is 0. The van der Waals surface area contributed by atoms with Gasteiger partial charge in [0.25, 0.3) is 0 Å². The standard InChI is InChI=1S/C20H30N6O/c1-14(15-6-8-17(9-7-15)26-11-10-21-25-26)22-18(27)23-16-12-19(2,3)24-20(4,5)13-16/h6-11,14,16,24H,12-13H2,1-5H3,(H2,22,23,27). The lowest BCUT2D eigenvalue weighted by molar-refractivity contribution is 0.147. The number of hydrogen-bond acceptors (Lipinski definition) is 4. The molecule has 1 aromatic heterocycles. The lowest BCUT2D eigenvalue weighted by atomic mass is 9.80. The third-order valence-electron chi connectivity index (χ3n) is 4.95. The summed E-state index contributed by atoms with van der Waals surface area (Å²) in [6, 6.07) is 7.88. The third-order valence-corrected chi connectivity index (χ3v) is 4.95. The van der Waals surface area contributed by atoms with Gasteiger partial charge in [-0.25, -0.2) is 9.48 Å². The van der Waals surface area contributed by atoms with E-state index in [4.69, 9.17) is 0 Å². The van der Waals surface area contributed by atoms with E-state index in [-0.39, 0.29) is 29.2 Å². The molecule has 1 aliphatic heterocycles. The molecular formula is C20H30N6O. The molecule has 1 aliphatic rings. The average molecular weight is 371 g/mol. The van der Waals surface area contributed by atoms with E-state index in [1.807, 2.05) is 31.2 Å². The van der Waals surface area contributed by atoms with Crippen LogP contribution in [0.2, 0.25) is 0 Å². The average Bonchev–Trinajstić information content (AvgIpc) is 3.06. The Bertz CT molecular complexity index is 750. The van der Waals surface area contributed by atoms with Gasteiger partial charge in [-0.2, -0.15) is 0 Å². The molecule has 2 amide bonds. The van der Waals surface area contributed by atoms with Gasteiger partial charge in [-0.1, -0.05) is 17.3 Å². The molecule has 146 valence electrons. The van der Waals surface area contributed by atoms with Crippen molar-refractivity contribution >= 4 is 6.03 Å². The predicted octanol–water partition coefficient (Wildman–Crippen LogP) is 2.94. The number of piperidine rings is 1. The summed E-state index contributed by atoms with van der Waals surface area (Å²) in [5.74, 6) is 0. The Kier molecular flexibility index (Phi) is 5.24. The van der Waals surface area contributed by atoms with Gasteiger partial charge >= 0.3 is 6.03 Å². The van der Waals surface area contributed by atoms with Crippen molar-refractivity contribution in [3.63, 3.8) is 0 Å². The van der Waals surface area contributed by atoms with Crippen molar-refractivity contribution < 1.29 is 4.79 Å². The summed E-state index contributed by atoms with van der Waals surface area (Å²) < 4.78 is 1.70. The molecule has 7 nitrogen and oxygen atoms in total. The molecular weight excluding hydrogens is 340 g/mol. The molecule has 1 saturated heterocycles. The van der Waals surface area contributed by atoms with E-state index in [1.54, 1.807) is 17.1 Å². The number of nitrogens with one attached hydrogen (secondary N) is 3. The minimum atomic E-state index is -0.124. The predicted molar refractivity (Wildman–Crippen MR) is 106 cm³/mol. The molecule has 1 unspecified atom stereocenters. The van der Waals surface area contributed by atoms with Crippen molar-refractivity contribution in [3.05, 3.63) is 42.2 Å². The molecule has 1 aromatic carbocycles. The Labute approximate surface area is 160 Å². The molecule has 0 saturated carbocycles. The van der Waals surface area contributed by atoms with E-state index in [1.165, 1.54) is 0 Å². The van der Waals surface area contributed by atoms with Crippen molar-refractivity contribution in [2.45, 2.75) is 70.6 Å². The second kappa shape index (κ2) is 7.31.